The van der Waals surface area contributed by atoms with Gasteiger partial charge in [0.2, 0.25) is 0 Å². The first-order valence-corrected chi connectivity index (χ1v) is 7.64. The second-order valence-electron chi connectivity index (χ2n) is 4.77. The SMILES string of the molecule is COC1CCCC(OCCNCc2cccs2)C1. The maximum absolute atomic E-state index is 5.90. The van der Waals surface area contributed by atoms with E-state index < -0.39 is 0 Å². The maximum Gasteiger partial charge on any atom is 0.0600 e. The summed E-state index contributed by atoms with van der Waals surface area (Å²) in [6.45, 7) is 2.67. The predicted octanol–water partition coefficient (Wildman–Crippen LogP) is 2.81. The zero-order valence-corrected chi connectivity index (χ0v) is 11.9. The van der Waals surface area contributed by atoms with Gasteiger partial charge in [0.05, 0.1) is 18.8 Å². The Labute approximate surface area is 113 Å². The fourth-order valence-corrected chi connectivity index (χ4v) is 3.06. The summed E-state index contributed by atoms with van der Waals surface area (Å²) in [4.78, 5) is 1.38. The molecule has 4 heteroatoms. The van der Waals surface area contributed by atoms with Crippen molar-refractivity contribution in [2.24, 2.45) is 0 Å². The first-order valence-electron chi connectivity index (χ1n) is 6.76. The molecule has 2 rings (SSSR count). The standard InChI is InChI=1S/C14H23NO2S/c1-16-12-4-2-5-13(10-12)17-8-7-15-11-14-6-3-9-18-14/h3,6,9,12-13,15H,2,4-5,7-8,10-11H2,1H3. The van der Waals surface area contributed by atoms with Crippen LogP contribution in [0.3, 0.4) is 0 Å². The zero-order chi connectivity index (χ0) is 12.6. The fourth-order valence-electron chi connectivity index (χ4n) is 2.39. The van der Waals surface area contributed by atoms with E-state index in [1.54, 1.807) is 18.4 Å². The fraction of sp³-hybridized carbons (Fsp3) is 0.714. The highest BCUT2D eigenvalue weighted by molar-refractivity contribution is 7.09. The van der Waals surface area contributed by atoms with Gasteiger partial charge in [-0.05, 0) is 37.1 Å². The number of hydrogen-bond acceptors (Lipinski definition) is 4. The summed E-state index contributed by atoms with van der Waals surface area (Å²) in [5.41, 5.74) is 0. The molecule has 2 atom stereocenters. The minimum absolute atomic E-state index is 0.396. The first kappa shape index (κ1) is 14.0. The van der Waals surface area contributed by atoms with Crippen LogP contribution in [0.4, 0.5) is 0 Å². The van der Waals surface area contributed by atoms with Crippen LogP contribution >= 0.6 is 11.3 Å². The van der Waals surface area contributed by atoms with Crippen molar-refractivity contribution in [3.63, 3.8) is 0 Å². The molecule has 1 N–H and O–H groups in total. The number of methoxy groups -OCH3 is 1. The number of rotatable bonds is 7. The number of hydrogen-bond donors (Lipinski definition) is 1. The van der Waals surface area contributed by atoms with Gasteiger partial charge in [-0.3, -0.25) is 0 Å². The van der Waals surface area contributed by atoms with Crippen LogP contribution in [0.5, 0.6) is 0 Å². The van der Waals surface area contributed by atoms with E-state index in [4.69, 9.17) is 9.47 Å². The smallest absolute Gasteiger partial charge is 0.0600 e. The van der Waals surface area contributed by atoms with Crippen LogP contribution in [0.15, 0.2) is 17.5 Å². The summed E-state index contributed by atoms with van der Waals surface area (Å²) in [5.74, 6) is 0. The average molecular weight is 269 g/mol. The molecule has 0 aliphatic heterocycles. The summed E-state index contributed by atoms with van der Waals surface area (Å²) in [7, 11) is 1.80. The van der Waals surface area contributed by atoms with E-state index >= 15 is 0 Å². The molecule has 1 aromatic heterocycles. The number of thiophene rings is 1. The lowest BCUT2D eigenvalue weighted by molar-refractivity contribution is -0.0282. The summed E-state index contributed by atoms with van der Waals surface area (Å²) in [6.07, 6.45) is 5.46. The molecule has 1 heterocycles. The molecular weight excluding hydrogens is 246 g/mol. The van der Waals surface area contributed by atoms with Crippen LogP contribution in [0.2, 0.25) is 0 Å². The average Bonchev–Trinajstić information content (AvgIpc) is 2.92. The molecule has 18 heavy (non-hydrogen) atoms. The molecule has 1 aliphatic rings. The molecule has 0 radical (unpaired) electrons. The number of nitrogens with one attached hydrogen (secondary N) is 1. The highest BCUT2D eigenvalue weighted by Crippen LogP contribution is 2.22. The molecule has 0 aromatic carbocycles. The van der Waals surface area contributed by atoms with Crippen molar-refractivity contribution in [1.29, 1.82) is 0 Å². The Morgan fingerprint density at radius 1 is 1.39 bits per heavy atom. The Morgan fingerprint density at radius 2 is 2.28 bits per heavy atom. The van der Waals surface area contributed by atoms with Gasteiger partial charge in [0.15, 0.2) is 0 Å². The van der Waals surface area contributed by atoms with Gasteiger partial charge in [0.25, 0.3) is 0 Å². The normalized spacial score (nSPS) is 24.3. The van der Waals surface area contributed by atoms with Crippen LogP contribution in [-0.2, 0) is 16.0 Å². The third-order valence-corrected chi connectivity index (χ3v) is 4.30. The van der Waals surface area contributed by atoms with Gasteiger partial charge in [-0.15, -0.1) is 11.3 Å². The molecule has 1 aliphatic carbocycles. The monoisotopic (exact) mass is 269 g/mol. The number of ether oxygens (including phenoxy) is 2. The summed E-state index contributed by atoms with van der Waals surface area (Å²) in [5, 5.41) is 5.52. The van der Waals surface area contributed by atoms with Gasteiger partial charge >= 0.3 is 0 Å². The second-order valence-corrected chi connectivity index (χ2v) is 5.81. The van der Waals surface area contributed by atoms with Gasteiger partial charge in [-0.1, -0.05) is 6.07 Å². The predicted molar refractivity (Wildman–Crippen MR) is 75.0 cm³/mol. The largest absolute Gasteiger partial charge is 0.381 e. The summed E-state index contributed by atoms with van der Waals surface area (Å²) < 4.78 is 11.3. The van der Waals surface area contributed by atoms with Crippen molar-refractivity contribution in [1.82, 2.24) is 5.32 Å². The third-order valence-electron chi connectivity index (χ3n) is 3.42. The third kappa shape index (κ3) is 4.69. The van der Waals surface area contributed by atoms with Crippen LogP contribution in [0, 0.1) is 0 Å². The molecule has 1 aromatic rings. The quantitative estimate of drug-likeness (QED) is 0.772. The van der Waals surface area contributed by atoms with Crippen LogP contribution in [0.1, 0.15) is 30.6 Å². The molecule has 2 unspecified atom stereocenters. The van der Waals surface area contributed by atoms with Crippen LogP contribution in [0.25, 0.3) is 0 Å². The van der Waals surface area contributed by atoms with Crippen molar-refractivity contribution in [3.05, 3.63) is 22.4 Å². The van der Waals surface area contributed by atoms with Crippen molar-refractivity contribution in [2.45, 2.75) is 44.4 Å². The van der Waals surface area contributed by atoms with E-state index in [9.17, 15) is 0 Å². The van der Waals surface area contributed by atoms with E-state index in [-0.39, 0.29) is 0 Å². The van der Waals surface area contributed by atoms with Gasteiger partial charge in [-0.2, -0.15) is 0 Å². The van der Waals surface area contributed by atoms with Crippen molar-refractivity contribution < 1.29 is 9.47 Å². The topological polar surface area (TPSA) is 30.5 Å². The molecule has 0 spiro atoms. The van der Waals surface area contributed by atoms with E-state index in [1.165, 1.54) is 24.1 Å². The van der Waals surface area contributed by atoms with Crippen molar-refractivity contribution in [2.75, 3.05) is 20.3 Å². The lowest BCUT2D eigenvalue weighted by atomic mass is 9.95. The van der Waals surface area contributed by atoms with Crippen LogP contribution < -0.4 is 5.32 Å². The lowest BCUT2D eigenvalue weighted by Crippen LogP contribution is -2.29. The Balaban J connectivity index is 1.52. The molecular formula is C14H23NO2S. The van der Waals surface area contributed by atoms with Gasteiger partial charge in [0, 0.05) is 25.1 Å². The highest BCUT2D eigenvalue weighted by Gasteiger charge is 2.21. The van der Waals surface area contributed by atoms with Crippen molar-refractivity contribution >= 4 is 11.3 Å². The summed E-state index contributed by atoms with van der Waals surface area (Å²) in [6, 6.07) is 4.24. The molecule has 1 saturated carbocycles. The molecule has 0 bridgehead atoms. The second kappa shape index (κ2) is 7.89. The van der Waals surface area contributed by atoms with Crippen LogP contribution in [-0.4, -0.2) is 32.5 Å². The molecule has 102 valence electrons. The van der Waals surface area contributed by atoms with Gasteiger partial charge < -0.3 is 14.8 Å². The minimum atomic E-state index is 0.396. The van der Waals surface area contributed by atoms with E-state index in [0.29, 0.717) is 12.2 Å². The van der Waals surface area contributed by atoms with E-state index in [1.807, 2.05) is 0 Å². The van der Waals surface area contributed by atoms with Gasteiger partial charge in [0.1, 0.15) is 0 Å². The van der Waals surface area contributed by atoms with E-state index in [0.717, 1.165) is 26.1 Å². The molecule has 0 amide bonds. The van der Waals surface area contributed by atoms with Gasteiger partial charge in [-0.25, -0.2) is 0 Å². The molecule has 1 fully saturated rings. The zero-order valence-electron chi connectivity index (χ0n) is 11.1. The first-order chi connectivity index (χ1) is 8.88. The van der Waals surface area contributed by atoms with Crippen molar-refractivity contribution in [3.8, 4) is 0 Å². The van der Waals surface area contributed by atoms with E-state index in [2.05, 4.69) is 22.8 Å². The molecule has 3 nitrogen and oxygen atoms in total. The summed E-state index contributed by atoms with van der Waals surface area (Å²) >= 11 is 1.79. The Hall–Kier alpha value is -0.420. The molecule has 0 saturated heterocycles. The Bertz CT molecular complexity index is 316. The lowest BCUT2D eigenvalue weighted by Gasteiger charge is -2.28. The minimum Gasteiger partial charge on any atom is -0.381 e. The Kier molecular flexibility index (Phi) is 6.14. The Morgan fingerprint density at radius 3 is 3.06 bits per heavy atom. The maximum atomic E-state index is 5.90. The highest BCUT2D eigenvalue weighted by atomic mass is 32.1.